The topological polar surface area (TPSA) is 46.3 Å². The summed E-state index contributed by atoms with van der Waals surface area (Å²) in [6, 6.07) is 0.199. The second-order valence-corrected chi connectivity index (χ2v) is 7.84. The molecule has 0 saturated heterocycles. The Bertz CT molecular complexity index is 302. The first-order valence-electron chi connectivity index (χ1n) is 8.85. The van der Waals surface area contributed by atoms with Gasteiger partial charge in [0.1, 0.15) is 0 Å². The standard InChI is InChI=1S/C18H36N2O/c1-13(2)8-10-20(11-9-14(3)4)18(21)16-7-6-15(5)17(19)12-16/h13-17H,6-12,19H2,1-5H3. The fraction of sp³-hybridized carbons (Fsp3) is 0.944. The van der Waals surface area contributed by atoms with Crippen LogP contribution in [-0.4, -0.2) is 29.9 Å². The van der Waals surface area contributed by atoms with Crippen molar-refractivity contribution in [3.8, 4) is 0 Å². The Kier molecular flexibility index (Phi) is 7.72. The normalized spacial score (nSPS) is 26.4. The number of carbonyl (C=O) groups is 1. The van der Waals surface area contributed by atoms with Gasteiger partial charge >= 0.3 is 0 Å². The number of nitrogens with zero attached hydrogens (tertiary/aromatic N) is 1. The zero-order valence-corrected chi connectivity index (χ0v) is 14.8. The lowest BCUT2D eigenvalue weighted by Crippen LogP contribution is -2.44. The number of hydrogen-bond donors (Lipinski definition) is 1. The summed E-state index contributed by atoms with van der Waals surface area (Å²) in [5.74, 6) is 2.38. The van der Waals surface area contributed by atoms with Crippen LogP contribution < -0.4 is 5.73 Å². The van der Waals surface area contributed by atoms with Crippen LogP contribution in [0.1, 0.15) is 66.7 Å². The quantitative estimate of drug-likeness (QED) is 0.779. The maximum atomic E-state index is 12.8. The van der Waals surface area contributed by atoms with Crippen molar-refractivity contribution in [3.63, 3.8) is 0 Å². The minimum atomic E-state index is 0.163. The number of hydrogen-bond acceptors (Lipinski definition) is 2. The number of carbonyl (C=O) groups excluding carboxylic acids is 1. The van der Waals surface area contributed by atoms with Crippen LogP contribution in [0.25, 0.3) is 0 Å². The van der Waals surface area contributed by atoms with Gasteiger partial charge in [-0.2, -0.15) is 0 Å². The van der Waals surface area contributed by atoms with Crippen LogP contribution in [-0.2, 0) is 4.79 Å². The van der Waals surface area contributed by atoms with E-state index >= 15 is 0 Å². The Labute approximate surface area is 131 Å². The molecule has 0 aliphatic heterocycles. The monoisotopic (exact) mass is 296 g/mol. The Morgan fingerprint density at radius 3 is 2.05 bits per heavy atom. The molecule has 1 rings (SSSR count). The van der Waals surface area contributed by atoms with Crippen LogP contribution in [0, 0.1) is 23.7 Å². The summed E-state index contributed by atoms with van der Waals surface area (Å²) in [6.07, 6.45) is 5.19. The highest BCUT2D eigenvalue weighted by atomic mass is 16.2. The molecule has 1 aliphatic carbocycles. The second kappa shape index (κ2) is 8.77. The van der Waals surface area contributed by atoms with Crippen LogP contribution >= 0.6 is 0 Å². The predicted molar refractivity (Wildman–Crippen MR) is 90.0 cm³/mol. The lowest BCUT2D eigenvalue weighted by Gasteiger charge is -2.35. The van der Waals surface area contributed by atoms with Crippen molar-refractivity contribution < 1.29 is 4.79 Å². The zero-order valence-electron chi connectivity index (χ0n) is 14.8. The molecule has 0 aromatic carbocycles. The third-order valence-corrected chi connectivity index (χ3v) is 4.87. The fourth-order valence-electron chi connectivity index (χ4n) is 3.00. The number of amides is 1. The number of nitrogens with two attached hydrogens (primary N) is 1. The first-order chi connectivity index (χ1) is 9.81. The molecule has 3 heteroatoms. The average molecular weight is 296 g/mol. The Morgan fingerprint density at radius 1 is 1.10 bits per heavy atom. The third-order valence-electron chi connectivity index (χ3n) is 4.87. The molecule has 21 heavy (non-hydrogen) atoms. The van der Waals surface area contributed by atoms with Crippen LogP contribution in [0.4, 0.5) is 0 Å². The SMILES string of the molecule is CC(C)CCN(CCC(C)C)C(=O)C1CCC(C)C(N)C1. The van der Waals surface area contributed by atoms with Crippen LogP contribution in [0.2, 0.25) is 0 Å². The molecule has 1 amide bonds. The van der Waals surface area contributed by atoms with E-state index in [1.165, 1.54) is 0 Å². The van der Waals surface area contributed by atoms with E-state index in [1.807, 2.05) is 0 Å². The van der Waals surface area contributed by atoms with Gasteiger partial charge in [-0.3, -0.25) is 4.79 Å². The highest BCUT2D eigenvalue weighted by Gasteiger charge is 2.32. The van der Waals surface area contributed by atoms with Gasteiger partial charge in [0, 0.05) is 25.0 Å². The molecule has 0 heterocycles. The molecular formula is C18H36N2O. The first kappa shape index (κ1) is 18.5. The molecule has 1 fully saturated rings. The summed E-state index contributed by atoms with van der Waals surface area (Å²) in [7, 11) is 0. The Morgan fingerprint density at radius 2 is 1.62 bits per heavy atom. The molecule has 3 unspecified atom stereocenters. The molecule has 1 aliphatic rings. The van der Waals surface area contributed by atoms with E-state index in [4.69, 9.17) is 5.73 Å². The molecule has 3 atom stereocenters. The number of rotatable bonds is 7. The summed E-state index contributed by atoms with van der Waals surface area (Å²) in [4.78, 5) is 15.0. The van der Waals surface area contributed by atoms with Crippen LogP contribution in [0.3, 0.4) is 0 Å². The summed E-state index contributed by atoms with van der Waals surface area (Å²) < 4.78 is 0. The van der Waals surface area contributed by atoms with Crippen molar-refractivity contribution in [2.75, 3.05) is 13.1 Å². The van der Waals surface area contributed by atoms with Gasteiger partial charge in [0.25, 0.3) is 0 Å². The molecular weight excluding hydrogens is 260 g/mol. The van der Waals surface area contributed by atoms with Crippen molar-refractivity contribution in [1.29, 1.82) is 0 Å². The largest absolute Gasteiger partial charge is 0.342 e. The third kappa shape index (κ3) is 6.37. The van der Waals surface area contributed by atoms with E-state index < -0.39 is 0 Å². The highest BCUT2D eigenvalue weighted by Crippen LogP contribution is 2.29. The van der Waals surface area contributed by atoms with E-state index in [-0.39, 0.29) is 12.0 Å². The van der Waals surface area contributed by atoms with E-state index in [0.29, 0.717) is 23.7 Å². The molecule has 0 spiro atoms. The van der Waals surface area contributed by atoms with Gasteiger partial charge < -0.3 is 10.6 Å². The maximum absolute atomic E-state index is 12.8. The molecule has 2 N–H and O–H groups in total. The molecule has 124 valence electrons. The average Bonchev–Trinajstić information content (AvgIpc) is 2.40. The summed E-state index contributed by atoms with van der Waals surface area (Å²) in [5.41, 5.74) is 6.18. The van der Waals surface area contributed by atoms with Crippen molar-refractivity contribution >= 4 is 5.91 Å². The van der Waals surface area contributed by atoms with Crippen molar-refractivity contribution in [2.45, 2.75) is 72.8 Å². The lowest BCUT2D eigenvalue weighted by atomic mass is 9.79. The van der Waals surface area contributed by atoms with Crippen LogP contribution in [0.5, 0.6) is 0 Å². The second-order valence-electron chi connectivity index (χ2n) is 7.84. The smallest absolute Gasteiger partial charge is 0.225 e. The van der Waals surface area contributed by atoms with Crippen LogP contribution in [0.15, 0.2) is 0 Å². The molecule has 0 bridgehead atoms. The van der Waals surface area contributed by atoms with E-state index in [1.54, 1.807) is 0 Å². The van der Waals surface area contributed by atoms with E-state index in [0.717, 1.165) is 45.2 Å². The molecule has 0 aromatic heterocycles. The van der Waals surface area contributed by atoms with Gasteiger partial charge in [-0.15, -0.1) is 0 Å². The Hall–Kier alpha value is -0.570. The lowest BCUT2D eigenvalue weighted by molar-refractivity contribution is -0.137. The fourth-order valence-corrected chi connectivity index (χ4v) is 3.00. The van der Waals surface area contributed by atoms with Crippen molar-refractivity contribution in [1.82, 2.24) is 4.90 Å². The summed E-state index contributed by atoms with van der Waals surface area (Å²) in [5, 5.41) is 0. The highest BCUT2D eigenvalue weighted by molar-refractivity contribution is 5.79. The van der Waals surface area contributed by atoms with Gasteiger partial charge in [0.15, 0.2) is 0 Å². The molecule has 1 saturated carbocycles. The van der Waals surface area contributed by atoms with Crippen molar-refractivity contribution in [2.24, 2.45) is 29.4 Å². The van der Waals surface area contributed by atoms with Gasteiger partial charge in [-0.25, -0.2) is 0 Å². The molecule has 0 radical (unpaired) electrons. The van der Waals surface area contributed by atoms with Gasteiger partial charge in [0.2, 0.25) is 5.91 Å². The Balaban J connectivity index is 2.60. The first-order valence-corrected chi connectivity index (χ1v) is 8.85. The molecule has 0 aromatic rings. The van der Waals surface area contributed by atoms with Crippen molar-refractivity contribution in [3.05, 3.63) is 0 Å². The van der Waals surface area contributed by atoms with Gasteiger partial charge in [-0.1, -0.05) is 34.6 Å². The maximum Gasteiger partial charge on any atom is 0.225 e. The van der Waals surface area contributed by atoms with Gasteiger partial charge in [-0.05, 0) is 49.9 Å². The minimum absolute atomic E-state index is 0.163. The summed E-state index contributed by atoms with van der Waals surface area (Å²) in [6.45, 7) is 12.9. The van der Waals surface area contributed by atoms with Gasteiger partial charge in [0.05, 0.1) is 0 Å². The molecule has 3 nitrogen and oxygen atoms in total. The summed E-state index contributed by atoms with van der Waals surface area (Å²) >= 11 is 0. The van der Waals surface area contributed by atoms with E-state index in [9.17, 15) is 4.79 Å². The minimum Gasteiger partial charge on any atom is -0.342 e. The zero-order chi connectivity index (χ0) is 16.0. The predicted octanol–water partition coefficient (Wildman–Crippen LogP) is 3.67. The van der Waals surface area contributed by atoms with E-state index in [2.05, 4.69) is 39.5 Å².